The Morgan fingerprint density at radius 3 is 2.52 bits per heavy atom. The molecule has 1 heterocycles. The van der Waals surface area contributed by atoms with Crippen LogP contribution in [0.15, 0.2) is 48.5 Å². The van der Waals surface area contributed by atoms with Gasteiger partial charge in [-0.2, -0.15) is 0 Å². The fraction of sp³-hybridized carbons (Fsp3) is 0.143. The second kappa shape index (κ2) is 7.68. The number of aliphatic carboxylic acids is 1. The molecule has 0 aliphatic carbocycles. The molecule has 6 heteroatoms. The van der Waals surface area contributed by atoms with E-state index in [9.17, 15) is 9.59 Å². The molecule has 1 aromatic heterocycles. The molecule has 0 aliphatic heterocycles. The van der Waals surface area contributed by atoms with Gasteiger partial charge in [0.1, 0.15) is 5.75 Å². The highest BCUT2D eigenvalue weighted by atomic mass is 35.5. The average Bonchev–Trinajstić information content (AvgIpc) is 2.92. The monoisotopic (exact) mass is 383 g/mol. The Morgan fingerprint density at radius 2 is 1.89 bits per heavy atom. The minimum absolute atomic E-state index is 0.0960. The van der Waals surface area contributed by atoms with Crippen LogP contribution in [0.5, 0.6) is 5.75 Å². The Hall–Kier alpha value is -3.05. The second-order valence-electron chi connectivity index (χ2n) is 6.03. The largest absolute Gasteiger partial charge is 0.497 e. The van der Waals surface area contributed by atoms with Gasteiger partial charge in [-0.1, -0.05) is 23.8 Å². The van der Waals surface area contributed by atoms with Gasteiger partial charge in [-0.3, -0.25) is 14.2 Å². The van der Waals surface area contributed by atoms with Gasteiger partial charge in [-0.25, -0.2) is 0 Å². The highest BCUT2D eigenvalue weighted by molar-refractivity contribution is 6.30. The zero-order valence-electron chi connectivity index (χ0n) is 14.9. The molecule has 0 radical (unpaired) electrons. The predicted molar refractivity (Wildman–Crippen MR) is 106 cm³/mol. The molecule has 0 amide bonds. The molecular formula is C21H18ClNO4. The SMILES string of the molecule is COc1ccc2c(c1)c(/C=C/CC(=O)O)c(C)n2C(=O)c1ccc(Cl)cc1. The van der Waals surface area contributed by atoms with E-state index in [4.69, 9.17) is 21.4 Å². The van der Waals surface area contributed by atoms with E-state index in [0.717, 1.165) is 22.2 Å². The Bertz CT molecular complexity index is 1050. The molecule has 3 rings (SSSR count). The number of hydrogen-bond donors (Lipinski definition) is 1. The van der Waals surface area contributed by atoms with Crippen molar-refractivity contribution in [1.82, 2.24) is 4.57 Å². The number of ether oxygens (including phenoxy) is 1. The minimum atomic E-state index is -0.914. The molecule has 5 nitrogen and oxygen atoms in total. The van der Waals surface area contributed by atoms with E-state index in [1.807, 2.05) is 19.1 Å². The lowest BCUT2D eigenvalue weighted by Crippen LogP contribution is -2.13. The lowest BCUT2D eigenvalue weighted by Gasteiger charge is -2.08. The van der Waals surface area contributed by atoms with Crippen LogP contribution in [0, 0.1) is 6.92 Å². The first kappa shape index (κ1) is 18.7. The number of carbonyl (C=O) groups excluding carboxylic acids is 1. The fourth-order valence-electron chi connectivity index (χ4n) is 3.02. The average molecular weight is 384 g/mol. The molecule has 3 aromatic rings. The van der Waals surface area contributed by atoms with Crippen molar-refractivity contribution in [2.45, 2.75) is 13.3 Å². The summed E-state index contributed by atoms with van der Waals surface area (Å²) in [4.78, 5) is 23.9. The Balaban J connectivity index is 2.18. The Labute approximate surface area is 161 Å². The number of rotatable bonds is 5. The van der Waals surface area contributed by atoms with Gasteiger partial charge in [0.2, 0.25) is 0 Å². The highest BCUT2D eigenvalue weighted by Crippen LogP contribution is 2.31. The first-order valence-electron chi connectivity index (χ1n) is 8.30. The van der Waals surface area contributed by atoms with Crippen LogP contribution in [0.3, 0.4) is 0 Å². The smallest absolute Gasteiger partial charge is 0.307 e. The van der Waals surface area contributed by atoms with Crippen LogP contribution in [0.2, 0.25) is 5.02 Å². The molecule has 138 valence electrons. The summed E-state index contributed by atoms with van der Waals surface area (Å²) in [5, 5.41) is 10.3. The van der Waals surface area contributed by atoms with Gasteiger partial charge in [0.15, 0.2) is 0 Å². The van der Waals surface area contributed by atoms with E-state index in [0.29, 0.717) is 16.3 Å². The van der Waals surface area contributed by atoms with Gasteiger partial charge in [-0.15, -0.1) is 0 Å². The van der Waals surface area contributed by atoms with Crippen LogP contribution in [0.4, 0.5) is 0 Å². The van der Waals surface area contributed by atoms with Crippen LogP contribution < -0.4 is 4.74 Å². The zero-order chi connectivity index (χ0) is 19.6. The summed E-state index contributed by atoms with van der Waals surface area (Å²) in [5.74, 6) is -0.439. The summed E-state index contributed by atoms with van der Waals surface area (Å²) < 4.78 is 6.92. The number of benzene rings is 2. The number of carboxylic acid groups (broad SMARTS) is 1. The maximum absolute atomic E-state index is 13.1. The number of nitrogens with zero attached hydrogens (tertiary/aromatic N) is 1. The lowest BCUT2D eigenvalue weighted by molar-refractivity contribution is -0.135. The van der Waals surface area contributed by atoms with Crippen molar-refractivity contribution < 1.29 is 19.4 Å². The van der Waals surface area contributed by atoms with E-state index < -0.39 is 5.97 Å². The molecule has 1 N–H and O–H groups in total. The van der Waals surface area contributed by atoms with Crippen molar-refractivity contribution in [3.63, 3.8) is 0 Å². The van der Waals surface area contributed by atoms with E-state index in [2.05, 4.69) is 0 Å². The van der Waals surface area contributed by atoms with Gasteiger partial charge in [0.25, 0.3) is 5.91 Å². The lowest BCUT2D eigenvalue weighted by atomic mass is 10.1. The number of fused-ring (bicyclic) bond motifs is 1. The summed E-state index contributed by atoms with van der Waals surface area (Å²) in [6.45, 7) is 1.83. The molecule has 0 aliphatic rings. The summed E-state index contributed by atoms with van der Waals surface area (Å²) >= 11 is 5.92. The number of carbonyl (C=O) groups is 2. The Morgan fingerprint density at radius 1 is 1.19 bits per heavy atom. The molecule has 0 unspecified atom stereocenters. The molecule has 27 heavy (non-hydrogen) atoms. The van der Waals surface area contributed by atoms with E-state index in [-0.39, 0.29) is 12.3 Å². The molecular weight excluding hydrogens is 366 g/mol. The third kappa shape index (κ3) is 3.73. The zero-order valence-corrected chi connectivity index (χ0v) is 15.7. The van der Waals surface area contributed by atoms with Crippen LogP contribution >= 0.6 is 11.6 Å². The van der Waals surface area contributed by atoms with Crippen LogP contribution in [-0.2, 0) is 4.79 Å². The van der Waals surface area contributed by atoms with Gasteiger partial charge in [-0.05, 0) is 49.4 Å². The van der Waals surface area contributed by atoms with Crippen LogP contribution in [0.1, 0.15) is 28.0 Å². The van der Waals surface area contributed by atoms with Crippen molar-refractivity contribution >= 4 is 40.5 Å². The molecule has 0 bridgehead atoms. The number of aromatic nitrogens is 1. The van der Waals surface area contributed by atoms with Crippen molar-refractivity contribution in [3.8, 4) is 5.75 Å². The highest BCUT2D eigenvalue weighted by Gasteiger charge is 2.19. The number of methoxy groups -OCH3 is 1. The molecule has 0 saturated heterocycles. The Kier molecular flexibility index (Phi) is 5.33. The molecule has 0 saturated carbocycles. The van der Waals surface area contributed by atoms with Gasteiger partial charge in [0, 0.05) is 27.2 Å². The van der Waals surface area contributed by atoms with Crippen LogP contribution in [-0.4, -0.2) is 28.7 Å². The second-order valence-corrected chi connectivity index (χ2v) is 6.47. The number of halogens is 1. The summed E-state index contributed by atoms with van der Waals surface area (Å²) in [7, 11) is 1.57. The van der Waals surface area contributed by atoms with Crippen molar-refractivity contribution in [3.05, 3.63) is 70.4 Å². The molecule has 0 fully saturated rings. The predicted octanol–water partition coefficient (Wildman–Crippen LogP) is 4.79. The fourth-order valence-corrected chi connectivity index (χ4v) is 3.15. The molecule has 2 aromatic carbocycles. The van der Waals surface area contributed by atoms with Gasteiger partial charge >= 0.3 is 5.97 Å². The first-order valence-corrected chi connectivity index (χ1v) is 8.68. The van der Waals surface area contributed by atoms with Crippen LogP contribution in [0.25, 0.3) is 17.0 Å². The topological polar surface area (TPSA) is 68.5 Å². The number of hydrogen-bond acceptors (Lipinski definition) is 3. The quantitative estimate of drug-likeness (QED) is 0.687. The van der Waals surface area contributed by atoms with Gasteiger partial charge < -0.3 is 9.84 Å². The van der Waals surface area contributed by atoms with Crippen molar-refractivity contribution in [2.24, 2.45) is 0 Å². The third-order valence-corrected chi connectivity index (χ3v) is 4.58. The van der Waals surface area contributed by atoms with E-state index in [1.54, 1.807) is 54.2 Å². The summed E-state index contributed by atoms with van der Waals surface area (Å²) in [5.41, 5.74) is 2.74. The maximum Gasteiger partial charge on any atom is 0.307 e. The standard InChI is InChI=1S/C21H18ClNO4/c1-13-17(4-3-5-20(24)25)18-12-16(27-2)10-11-19(18)23(13)21(26)14-6-8-15(22)9-7-14/h3-4,6-12H,5H2,1-2H3,(H,24,25)/b4-3+. The molecule has 0 atom stereocenters. The van der Waals surface area contributed by atoms with Crippen molar-refractivity contribution in [1.29, 1.82) is 0 Å². The van der Waals surface area contributed by atoms with E-state index >= 15 is 0 Å². The summed E-state index contributed by atoms with van der Waals surface area (Å²) in [6.07, 6.45) is 3.21. The van der Waals surface area contributed by atoms with Crippen molar-refractivity contribution in [2.75, 3.05) is 7.11 Å². The van der Waals surface area contributed by atoms with Gasteiger partial charge in [0.05, 0.1) is 19.0 Å². The first-order chi connectivity index (χ1) is 12.9. The minimum Gasteiger partial charge on any atom is -0.497 e. The number of carboxylic acids is 1. The van der Waals surface area contributed by atoms with E-state index in [1.165, 1.54) is 0 Å². The molecule has 0 spiro atoms. The maximum atomic E-state index is 13.1. The normalized spacial score (nSPS) is 11.2. The third-order valence-electron chi connectivity index (χ3n) is 4.33. The summed E-state index contributed by atoms with van der Waals surface area (Å²) in [6, 6.07) is 12.2.